The maximum Gasteiger partial charge on any atom is 0.142 e. The molecule has 3 aromatic rings. The number of nitriles is 1. The molecule has 0 saturated carbocycles. The van der Waals surface area contributed by atoms with Crippen LogP contribution in [-0.2, 0) is 6.54 Å². The molecule has 21 heavy (non-hydrogen) atoms. The minimum absolute atomic E-state index is 0.607. The van der Waals surface area contributed by atoms with Gasteiger partial charge in [0.25, 0.3) is 0 Å². The fourth-order valence-electron chi connectivity index (χ4n) is 2.40. The molecule has 0 amide bonds. The fraction of sp³-hybridized carbons (Fsp3) is 0.125. The molecular formula is C16H11BrClN3. The van der Waals surface area contributed by atoms with Crippen molar-refractivity contribution in [3.8, 4) is 17.5 Å². The Morgan fingerprint density at radius 2 is 2.14 bits per heavy atom. The number of hydrogen-bond acceptors (Lipinski definition) is 2. The predicted octanol–water partition coefficient (Wildman–Crippen LogP) is 5.01. The Balaban J connectivity index is 2.32. The van der Waals surface area contributed by atoms with E-state index < -0.39 is 0 Å². The number of fused-ring (bicyclic) bond motifs is 1. The number of benzene rings is 2. The van der Waals surface area contributed by atoms with Crippen molar-refractivity contribution in [3.05, 3.63) is 51.5 Å². The lowest BCUT2D eigenvalue weighted by Gasteiger charge is -2.08. The van der Waals surface area contributed by atoms with Crippen LogP contribution < -0.4 is 0 Å². The first-order valence-corrected chi connectivity index (χ1v) is 7.67. The molecule has 5 heteroatoms. The third kappa shape index (κ3) is 2.33. The van der Waals surface area contributed by atoms with Crippen molar-refractivity contribution in [3.63, 3.8) is 0 Å². The Hall–Kier alpha value is -1.83. The summed E-state index contributed by atoms with van der Waals surface area (Å²) in [6, 6.07) is 13.5. The van der Waals surface area contributed by atoms with Crippen LogP contribution in [0.5, 0.6) is 0 Å². The molecule has 0 unspecified atom stereocenters. The number of halogens is 2. The average Bonchev–Trinajstić information content (AvgIpc) is 2.87. The molecule has 0 bridgehead atoms. The summed E-state index contributed by atoms with van der Waals surface area (Å²) in [5.74, 6) is 0.814. The second-order valence-electron chi connectivity index (χ2n) is 4.60. The highest BCUT2D eigenvalue weighted by Gasteiger charge is 2.15. The Bertz CT molecular complexity index is 877. The third-order valence-corrected chi connectivity index (χ3v) is 4.68. The molecule has 3 nitrogen and oxygen atoms in total. The molecule has 2 aromatic carbocycles. The van der Waals surface area contributed by atoms with Crippen molar-refractivity contribution < 1.29 is 0 Å². The summed E-state index contributed by atoms with van der Waals surface area (Å²) in [4.78, 5) is 4.67. The topological polar surface area (TPSA) is 41.6 Å². The van der Waals surface area contributed by atoms with Gasteiger partial charge in [0.1, 0.15) is 5.82 Å². The van der Waals surface area contributed by atoms with Gasteiger partial charge in [-0.2, -0.15) is 5.26 Å². The standard InChI is InChI=1S/C16H11BrClN3/c1-2-21-14-7-6-10(9-19)8-13(14)20-16(21)11-4-3-5-12(17)15(11)18/h3-8H,2H2,1H3. The lowest BCUT2D eigenvalue weighted by Crippen LogP contribution is -1.98. The first-order valence-electron chi connectivity index (χ1n) is 6.50. The zero-order chi connectivity index (χ0) is 15.0. The summed E-state index contributed by atoms with van der Waals surface area (Å²) in [7, 11) is 0. The van der Waals surface area contributed by atoms with Crippen molar-refractivity contribution >= 4 is 38.6 Å². The van der Waals surface area contributed by atoms with Crippen molar-refractivity contribution in [2.75, 3.05) is 0 Å². The number of hydrogen-bond donors (Lipinski definition) is 0. The van der Waals surface area contributed by atoms with Crippen LogP contribution in [0.3, 0.4) is 0 Å². The van der Waals surface area contributed by atoms with E-state index in [1.165, 1.54) is 0 Å². The van der Waals surface area contributed by atoms with Gasteiger partial charge in [0.05, 0.1) is 27.7 Å². The van der Waals surface area contributed by atoms with Gasteiger partial charge in [-0.25, -0.2) is 4.98 Å². The molecule has 0 saturated heterocycles. The number of imidazole rings is 1. The van der Waals surface area contributed by atoms with E-state index in [9.17, 15) is 0 Å². The van der Waals surface area contributed by atoms with Crippen LogP contribution in [0.25, 0.3) is 22.4 Å². The fourth-order valence-corrected chi connectivity index (χ4v) is 2.98. The van der Waals surface area contributed by atoms with Gasteiger partial charge in [-0.3, -0.25) is 0 Å². The van der Waals surface area contributed by atoms with Crippen molar-refractivity contribution in [2.45, 2.75) is 13.5 Å². The van der Waals surface area contributed by atoms with E-state index in [0.717, 1.165) is 33.4 Å². The zero-order valence-corrected chi connectivity index (χ0v) is 13.6. The first kappa shape index (κ1) is 14.1. The molecule has 0 aliphatic rings. The Kier molecular flexibility index (Phi) is 3.71. The van der Waals surface area contributed by atoms with E-state index in [1.807, 2.05) is 30.3 Å². The van der Waals surface area contributed by atoms with E-state index in [1.54, 1.807) is 6.07 Å². The number of nitrogens with zero attached hydrogens (tertiary/aromatic N) is 3. The van der Waals surface area contributed by atoms with E-state index in [-0.39, 0.29) is 0 Å². The van der Waals surface area contributed by atoms with E-state index in [2.05, 4.69) is 38.5 Å². The quantitative estimate of drug-likeness (QED) is 0.644. The van der Waals surface area contributed by atoms with E-state index in [0.29, 0.717) is 10.6 Å². The Morgan fingerprint density at radius 1 is 1.33 bits per heavy atom. The maximum absolute atomic E-state index is 9.02. The maximum atomic E-state index is 9.02. The predicted molar refractivity (Wildman–Crippen MR) is 88.3 cm³/mol. The van der Waals surface area contributed by atoms with E-state index in [4.69, 9.17) is 16.9 Å². The van der Waals surface area contributed by atoms with Crippen LogP contribution in [0.4, 0.5) is 0 Å². The number of aryl methyl sites for hydroxylation is 1. The van der Waals surface area contributed by atoms with Crippen LogP contribution in [0.2, 0.25) is 5.02 Å². The normalized spacial score (nSPS) is 10.8. The van der Waals surface area contributed by atoms with Gasteiger partial charge >= 0.3 is 0 Å². The molecule has 0 N–H and O–H groups in total. The number of rotatable bonds is 2. The first-order chi connectivity index (χ1) is 10.2. The Labute approximate surface area is 135 Å². The molecule has 1 aromatic heterocycles. The molecule has 0 spiro atoms. The van der Waals surface area contributed by atoms with Crippen LogP contribution >= 0.6 is 27.5 Å². The second kappa shape index (κ2) is 5.51. The molecule has 0 aliphatic carbocycles. The van der Waals surface area contributed by atoms with Crippen molar-refractivity contribution in [2.24, 2.45) is 0 Å². The largest absolute Gasteiger partial charge is 0.324 e. The highest BCUT2D eigenvalue weighted by molar-refractivity contribution is 9.10. The Morgan fingerprint density at radius 3 is 2.86 bits per heavy atom. The van der Waals surface area contributed by atoms with Crippen LogP contribution in [0, 0.1) is 11.3 Å². The average molecular weight is 361 g/mol. The summed E-state index contributed by atoms with van der Waals surface area (Å²) >= 11 is 9.83. The van der Waals surface area contributed by atoms with E-state index >= 15 is 0 Å². The summed E-state index contributed by atoms with van der Waals surface area (Å²) < 4.78 is 2.94. The molecular weight excluding hydrogens is 350 g/mol. The van der Waals surface area contributed by atoms with Gasteiger partial charge in [0.2, 0.25) is 0 Å². The highest BCUT2D eigenvalue weighted by Crippen LogP contribution is 2.34. The minimum Gasteiger partial charge on any atom is -0.324 e. The molecule has 0 aliphatic heterocycles. The van der Waals surface area contributed by atoms with Crippen LogP contribution in [-0.4, -0.2) is 9.55 Å². The molecule has 3 rings (SSSR count). The molecule has 104 valence electrons. The highest BCUT2D eigenvalue weighted by atomic mass is 79.9. The van der Waals surface area contributed by atoms with Gasteiger partial charge in [-0.05, 0) is 53.2 Å². The van der Waals surface area contributed by atoms with Gasteiger partial charge in [0.15, 0.2) is 0 Å². The monoisotopic (exact) mass is 359 g/mol. The lowest BCUT2D eigenvalue weighted by molar-refractivity contribution is 0.796. The number of aromatic nitrogens is 2. The molecule has 0 radical (unpaired) electrons. The van der Waals surface area contributed by atoms with Crippen molar-refractivity contribution in [1.29, 1.82) is 5.26 Å². The molecule has 0 fully saturated rings. The molecule has 0 atom stereocenters. The summed E-state index contributed by atoms with van der Waals surface area (Å²) in [6.45, 7) is 2.84. The molecule has 1 heterocycles. The summed E-state index contributed by atoms with van der Waals surface area (Å²) in [5, 5.41) is 9.66. The van der Waals surface area contributed by atoms with Crippen LogP contribution in [0.1, 0.15) is 12.5 Å². The second-order valence-corrected chi connectivity index (χ2v) is 5.83. The van der Waals surface area contributed by atoms with Gasteiger partial charge in [-0.15, -0.1) is 0 Å². The third-order valence-electron chi connectivity index (χ3n) is 3.39. The summed E-state index contributed by atoms with van der Waals surface area (Å²) in [5.41, 5.74) is 3.29. The van der Waals surface area contributed by atoms with Gasteiger partial charge in [-0.1, -0.05) is 17.7 Å². The smallest absolute Gasteiger partial charge is 0.142 e. The van der Waals surface area contributed by atoms with Crippen LogP contribution in [0.15, 0.2) is 40.9 Å². The SMILES string of the molecule is CCn1c(-c2cccc(Br)c2Cl)nc2cc(C#N)ccc21. The summed E-state index contributed by atoms with van der Waals surface area (Å²) in [6.07, 6.45) is 0. The van der Waals surface area contributed by atoms with Gasteiger partial charge in [0, 0.05) is 16.6 Å². The minimum atomic E-state index is 0.607. The van der Waals surface area contributed by atoms with Gasteiger partial charge < -0.3 is 4.57 Å². The lowest BCUT2D eigenvalue weighted by atomic mass is 10.2. The van der Waals surface area contributed by atoms with Crippen molar-refractivity contribution in [1.82, 2.24) is 9.55 Å². The zero-order valence-electron chi connectivity index (χ0n) is 11.3.